The molecule has 1 atom stereocenters. The first-order valence-corrected chi connectivity index (χ1v) is 5.47. The molecule has 0 aromatic heterocycles. The molecule has 1 unspecified atom stereocenters. The number of hydrogen-bond acceptors (Lipinski definition) is 3. The number of nitrogens with two attached hydrogens (primary N) is 1. The predicted molar refractivity (Wildman–Crippen MR) is 64.7 cm³/mol. The molecule has 18 heavy (non-hydrogen) atoms. The SMILES string of the molecule is Cc1ccc(N2CC(C(N)=O)C(=O)NC2=O)cc1. The lowest BCUT2D eigenvalue weighted by Gasteiger charge is -2.30. The molecule has 4 amide bonds. The largest absolute Gasteiger partial charge is 0.369 e. The maximum Gasteiger partial charge on any atom is 0.328 e. The zero-order chi connectivity index (χ0) is 13.3. The third-order valence-electron chi connectivity index (χ3n) is 2.85. The van der Waals surface area contributed by atoms with Crippen molar-refractivity contribution in [2.75, 3.05) is 11.4 Å². The van der Waals surface area contributed by atoms with Gasteiger partial charge in [-0.05, 0) is 19.1 Å². The van der Waals surface area contributed by atoms with E-state index in [1.807, 2.05) is 19.1 Å². The number of aryl methyl sites for hydroxylation is 1. The van der Waals surface area contributed by atoms with Crippen LogP contribution in [0.15, 0.2) is 24.3 Å². The Balaban J connectivity index is 2.27. The lowest BCUT2D eigenvalue weighted by atomic mass is 10.0. The summed E-state index contributed by atoms with van der Waals surface area (Å²) in [5.74, 6) is -2.39. The van der Waals surface area contributed by atoms with Crippen LogP contribution >= 0.6 is 0 Å². The van der Waals surface area contributed by atoms with Gasteiger partial charge < -0.3 is 5.73 Å². The summed E-state index contributed by atoms with van der Waals surface area (Å²) in [4.78, 5) is 35.6. The van der Waals surface area contributed by atoms with E-state index >= 15 is 0 Å². The highest BCUT2D eigenvalue weighted by molar-refractivity contribution is 6.13. The molecule has 3 N–H and O–H groups in total. The molecule has 6 heteroatoms. The van der Waals surface area contributed by atoms with Gasteiger partial charge in [0.2, 0.25) is 11.8 Å². The highest BCUT2D eigenvalue weighted by atomic mass is 16.2. The van der Waals surface area contributed by atoms with Gasteiger partial charge in [0.05, 0.1) is 0 Å². The summed E-state index contributed by atoms with van der Waals surface area (Å²) in [6.45, 7) is 1.90. The minimum Gasteiger partial charge on any atom is -0.369 e. The number of nitrogens with zero attached hydrogens (tertiary/aromatic N) is 1. The van der Waals surface area contributed by atoms with Gasteiger partial charge >= 0.3 is 6.03 Å². The molecule has 1 aromatic rings. The lowest BCUT2D eigenvalue weighted by Crippen LogP contribution is -2.57. The first-order chi connectivity index (χ1) is 8.49. The van der Waals surface area contributed by atoms with Gasteiger partial charge in [0, 0.05) is 12.2 Å². The Morgan fingerprint density at radius 3 is 2.50 bits per heavy atom. The Morgan fingerprint density at radius 1 is 1.33 bits per heavy atom. The van der Waals surface area contributed by atoms with E-state index in [0.29, 0.717) is 5.69 Å². The van der Waals surface area contributed by atoms with Crippen LogP contribution in [0.1, 0.15) is 5.56 Å². The molecule has 1 aromatic carbocycles. The van der Waals surface area contributed by atoms with Gasteiger partial charge in [-0.1, -0.05) is 17.7 Å². The standard InChI is InChI=1S/C12H13N3O3/c1-7-2-4-8(5-3-7)15-6-9(10(13)16)11(17)14-12(15)18/h2-5,9H,6H2,1H3,(H2,13,16)(H,14,17,18). The minimum absolute atomic E-state index is 0.0247. The van der Waals surface area contributed by atoms with Crippen LogP contribution in [0.5, 0.6) is 0 Å². The minimum atomic E-state index is -1.01. The average molecular weight is 247 g/mol. The van der Waals surface area contributed by atoms with Gasteiger partial charge in [0.25, 0.3) is 0 Å². The van der Waals surface area contributed by atoms with Crippen molar-refractivity contribution in [3.05, 3.63) is 29.8 Å². The van der Waals surface area contributed by atoms with E-state index in [9.17, 15) is 14.4 Å². The van der Waals surface area contributed by atoms with E-state index in [2.05, 4.69) is 5.32 Å². The molecule has 94 valence electrons. The van der Waals surface area contributed by atoms with Crippen molar-refractivity contribution in [2.45, 2.75) is 6.92 Å². The van der Waals surface area contributed by atoms with Gasteiger partial charge in [0.1, 0.15) is 5.92 Å². The number of anilines is 1. The summed E-state index contributed by atoms with van der Waals surface area (Å²) < 4.78 is 0. The molecule has 0 aliphatic carbocycles. The van der Waals surface area contributed by atoms with Gasteiger partial charge in [-0.2, -0.15) is 0 Å². The van der Waals surface area contributed by atoms with E-state index < -0.39 is 23.8 Å². The van der Waals surface area contributed by atoms with E-state index in [0.717, 1.165) is 5.56 Å². The Morgan fingerprint density at radius 2 is 1.94 bits per heavy atom. The number of urea groups is 1. The highest BCUT2D eigenvalue weighted by Crippen LogP contribution is 2.19. The molecular formula is C12H13N3O3. The fraction of sp³-hybridized carbons (Fsp3) is 0.250. The second-order valence-electron chi connectivity index (χ2n) is 4.20. The number of primary amides is 1. The van der Waals surface area contributed by atoms with E-state index in [-0.39, 0.29) is 6.54 Å². The van der Waals surface area contributed by atoms with Crippen molar-refractivity contribution in [2.24, 2.45) is 11.7 Å². The number of nitrogens with one attached hydrogen (secondary N) is 1. The Hall–Kier alpha value is -2.37. The highest BCUT2D eigenvalue weighted by Gasteiger charge is 2.36. The molecule has 1 aliphatic rings. The molecule has 6 nitrogen and oxygen atoms in total. The van der Waals surface area contributed by atoms with Crippen LogP contribution in [0.3, 0.4) is 0 Å². The van der Waals surface area contributed by atoms with Crippen LogP contribution in [-0.2, 0) is 9.59 Å². The molecule has 1 aliphatic heterocycles. The maximum absolute atomic E-state index is 11.7. The van der Waals surface area contributed by atoms with Crippen molar-refractivity contribution in [3.63, 3.8) is 0 Å². The van der Waals surface area contributed by atoms with Crippen molar-refractivity contribution < 1.29 is 14.4 Å². The third kappa shape index (κ3) is 2.17. The average Bonchev–Trinajstić information content (AvgIpc) is 2.30. The third-order valence-corrected chi connectivity index (χ3v) is 2.85. The van der Waals surface area contributed by atoms with Crippen molar-refractivity contribution in [1.82, 2.24) is 5.32 Å². The summed E-state index contributed by atoms with van der Waals surface area (Å²) in [5, 5.41) is 2.12. The molecule has 1 saturated heterocycles. The van der Waals surface area contributed by atoms with E-state index in [1.54, 1.807) is 12.1 Å². The number of carbonyl (C=O) groups is 3. The summed E-state index contributed by atoms with van der Waals surface area (Å²) in [6.07, 6.45) is 0. The number of amides is 4. The Bertz CT molecular complexity index is 510. The summed E-state index contributed by atoms with van der Waals surface area (Å²) in [6, 6.07) is 6.66. The predicted octanol–water partition coefficient (Wildman–Crippen LogP) is 0.153. The van der Waals surface area contributed by atoms with Gasteiger partial charge in [-0.25, -0.2) is 4.79 Å². The fourth-order valence-electron chi connectivity index (χ4n) is 1.77. The molecule has 1 fully saturated rings. The monoisotopic (exact) mass is 247 g/mol. The molecule has 1 heterocycles. The first kappa shape index (κ1) is 12.1. The van der Waals surface area contributed by atoms with Crippen LogP contribution in [0.2, 0.25) is 0 Å². The zero-order valence-electron chi connectivity index (χ0n) is 9.84. The zero-order valence-corrected chi connectivity index (χ0v) is 9.84. The van der Waals surface area contributed by atoms with Crippen LogP contribution in [0, 0.1) is 12.8 Å². The Labute approximate surface area is 104 Å². The van der Waals surface area contributed by atoms with Crippen molar-refractivity contribution in [3.8, 4) is 0 Å². The quantitative estimate of drug-likeness (QED) is 0.729. The molecule has 0 radical (unpaired) electrons. The molecule has 0 spiro atoms. The van der Waals surface area contributed by atoms with Crippen LogP contribution < -0.4 is 16.0 Å². The van der Waals surface area contributed by atoms with Crippen LogP contribution in [0.4, 0.5) is 10.5 Å². The molecule has 0 bridgehead atoms. The fourth-order valence-corrected chi connectivity index (χ4v) is 1.77. The molecule has 2 rings (SSSR count). The summed E-state index contributed by atoms with van der Waals surface area (Å²) in [7, 11) is 0. The number of imide groups is 1. The van der Waals surface area contributed by atoms with E-state index in [1.165, 1.54) is 4.90 Å². The molecular weight excluding hydrogens is 234 g/mol. The second-order valence-corrected chi connectivity index (χ2v) is 4.20. The topological polar surface area (TPSA) is 92.5 Å². The number of rotatable bonds is 2. The van der Waals surface area contributed by atoms with Crippen LogP contribution in [-0.4, -0.2) is 24.4 Å². The Kier molecular flexibility index (Phi) is 3.01. The summed E-state index contributed by atoms with van der Waals surface area (Å²) in [5.41, 5.74) is 6.81. The normalized spacial score (nSPS) is 19.6. The van der Waals surface area contributed by atoms with Crippen molar-refractivity contribution >= 4 is 23.5 Å². The van der Waals surface area contributed by atoms with E-state index in [4.69, 9.17) is 5.73 Å². The van der Waals surface area contributed by atoms with Crippen molar-refractivity contribution in [1.29, 1.82) is 0 Å². The number of carbonyl (C=O) groups excluding carboxylic acids is 3. The second kappa shape index (κ2) is 4.48. The maximum atomic E-state index is 11.7. The first-order valence-electron chi connectivity index (χ1n) is 5.47. The summed E-state index contributed by atoms with van der Waals surface area (Å²) >= 11 is 0. The number of hydrogen-bond donors (Lipinski definition) is 2. The van der Waals surface area contributed by atoms with Crippen LogP contribution in [0.25, 0.3) is 0 Å². The van der Waals surface area contributed by atoms with Gasteiger partial charge in [0.15, 0.2) is 0 Å². The van der Waals surface area contributed by atoms with Gasteiger partial charge in [-0.15, -0.1) is 0 Å². The molecule has 0 saturated carbocycles. The smallest absolute Gasteiger partial charge is 0.328 e. The number of benzene rings is 1. The lowest BCUT2D eigenvalue weighted by molar-refractivity contribution is -0.132. The van der Waals surface area contributed by atoms with Gasteiger partial charge in [-0.3, -0.25) is 19.8 Å².